The van der Waals surface area contributed by atoms with Crippen LogP contribution in [0.1, 0.15) is 31.8 Å². The summed E-state index contributed by atoms with van der Waals surface area (Å²) >= 11 is 12.4. The maximum Gasteiger partial charge on any atom is 0.343 e. The molecule has 0 fully saturated rings. The van der Waals surface area contributed by atoms with Gasteiger partial charge >= 0.3 is 5.97 Å². The van der Waals surface area contributed by atoms with E-state index in [1.165, 1.54) is 19.3 Å². The smallest absolute Gasteiger partial charge is 0.343 e. The third kappa shape index (κ3) is 4.15. The van der Waals surface area contributed by atoms with E-state index in [2.05, 4.69) is 0 Å². The lowest BCUT2D eigenvalue weighted by Crippen LogP contribution is -2.09. The van der Waals surface area contributed by atoms with Crippen LogP contribution in [-0.2, 0) is 0 Å². The largest absolute Gasteiger partial charge is 0.497 e. The second-order valence-corrected chi connectivity index (χ2v) is 7.62. The van der Waals surface area contributed by atoms with E-state index < -0.39 is 5.97 Å². The number of esters is 1. The molecular formula is C24H16Cl2O5. The van der Waals surface area contributed by atoms with Gasteiger partial charge in [0.15, 0.2) is 5.76 Å². The van der Waals surface area contributed by atoms with Gasteiger partial charge in [-0.05, 0) is 55.0 Å². The number of aryl methyl sites for hydroxylation is 1. The lowest BCUT2D eigenvalue weighted by molar-refractivity contribution is 0.0734. The zero-order chi connectivity index (χ0) is 22.1. The molecule has 0 aliphatic carbocycles. The topological polar surface area (TPSA) is 61.8 Å². The zero-order valence-corrected chi connectivity index (χ0v) is 18.1. The van der Waals surface area contributed by atoms with E-state index in [1.807, 2.05) is 0 Å². The van der Waals surface area contributed by atoms with Gasteiger partial charge in [-0.1, -0.05) is 35.3 Å². The Morgan fingerprint density at radius 3 is 2.42 bits per heavy atom. The molecule has 156 valence electrons. The molecule has 0 atom stereocenters. The van der Waals surface area contributed by atoms with Gasteiger partial charge in [-0.2, -0.15) is 0 Å². The highest BCUT2D eigenvalue weighted by molar-refractivity contribution is 6.37. The molecule has 0 N–H and O–H groups in total. The van der Waals surface area contributed by atoms with Crippen LogP contribution < -0.4 is 14.2 Å². The van der Waals surface area contributed by atoms with Gasteiger partial charge in [-0.15, -0.1) is 0 Å². The highest BCUT2D eigenvalue weighted by Gasteiger charge is 2.30. The quantitative estimate of drug-likeness (QED) is 0.269. The van der Waals surface area contributed by atoms with Crippen LogP contribution in [0.3, 0.4) is 0 Å². The molecule has 1 aliphatic heterocycles. The van der Waals surface area contributed by atoms with Crippen LogP contribution in [-0.4, -0.2) is 18.9 Å². The second-order valence-electron chi connectivity index (χ2n) is 6.81. The summed E-state index contributed by atoms with van der Waals surface area (Å²) in [6.07, 6.45) is 1.51. The van der Waals surface area contributed by atoms with E-state index in [0.29, 0.717) is 43.8 Å². The monoisotopic (exact) mass is 454 g/mol. The molecule has 31 heavy (non-hydrogen) atoms. The third-order valence-electron chi connectivity index (χ3n) is 4.73. The fourth-order valence-electron chi connectivity index (χ4n) is 3.23. The first-order valence-electron chi connectivity index (χ1n) is 9.26. The first-order valence-corrected chi connectivity index (χ1v) is 10.0. The Bertz CT molecular complexity index is 1230. The van der Waals surface area contributed by atoms with E-state index in [0.717, 1.165) is 0 Å². The van der Waals surface area contributed by atoms with Crippen molar-refractivity contribution in [2.75, 3.05) is 7.11 Å². The Kier molecular flexibility index (Phi) is 5.72. The van der Waals surface area contributed by atoms with Crippen molar-refractivity contribution in [3.8, 4) is 17.2 Å². The van der Waals surface area contributed by atoms with Crippen LogP contribution in [0.5, 0.6) is 17.2 Å². The van der Waals surface area contributed by atoms with Gasteiger partial charge in [0.25, 0.3) is 0 Å². The number of Topliss-reactive ketones (excluding diaryl/α,β-unsaturated/α-hetero) is 1. The SMILES string of the molecule is COc1cccc(C(=O)Oc2cc(C)c3c(c2)O/C(=C\c2c(Cl)cccc2Cl)C3=O)c1. The predicted molar refractivity (Wildman–Crippen MR) is 119 cm³/mol. The van der Waals surface area contributed by atoms with Crippen LogP contribution in [0.25, 0.3) is 6.08 Å². The van der Waals surface area contributed by atoms with Gasteiger partial charge in [0.2, 0.25) is 5.78 Å². The van der Waals surface area contributed by atoms with Crippen LogP contribution in [0.2, 0.25) is 10.0 Å². The molecule has 0 amide bonds. The second kappa shape index (κ2) is 8.46. The number of carbonyl (C=O) groups excluding carboxylic acids is 2. The number of hydrogen-bond donors (Lipinski definition) is 0. The van der Waals surface area contributed by atoms with Crippen molar-refractivity contribution in [3.63, 3.8) is 0 Å². The molecule has 1 aliphatic rings. The highest BCUT2D eigenvalue weighted by atomic mass is 35.5. The molecule has 5 nitrogen and oxygen atoms in total. The standard InChI is InChI=1S/C24H16Cl2O5/c1-13-9-16(30-24(28)14-5-3-6-15(10-14)29-2)11-20-22(13)23(27)21(31-20)12-17-18(25)7-4-8-19(17)26/h3-12H,1-2H3/b21-12-. The van der Waals surface area contributed by atoms with Gasteiger partial charge in [-0.3, -0.25) is 4.79 Å². The van der Waals surface area contributed by atoms with Crippen molar-refractivity contribution in [1.82, 2.24) is 0 Å². The maximum absolute atomic E-state index is 12.9. The Balaban J connectivity index is 1.63. The van der Waals surface area contributed by atoms with Crippen molar-refractivity contribution in [3.05, 3.63) is 92.7 Å². The fourth-order valence-corrected chi connectivity index (χ4v) is 3.74. The average Bonchev–Trinajstić information content (AvgIpc) is 3.06. The highest BCUT2D eigenvalue weighted by Crippen LogP contribution is 2.39. The number of methoxy groups -OCH3 is 1. The molecule has 3 aromatic carbocycles. The Morgan fingerprint density at radius 2 is 1.71 bits per heavy atom. The lowest BCUT2D eigenvalue weighted by atomic mass is 10.0. The van der Waals surface area contributed by atoms with Crippen molar-refractivity contribution in [1.29, 1.82) is 0 Å². The summed E-state index contributed by atoms with van der Waals surface area (Å²) in [6.45, 7) is 1.74. The van der Waals surface area contributed by atoms with Crippen LogP contribution in [0, 0.1) is 6.92 Å². The summed E-state index contributed by atoms with van der Waals surface area (Å²) in [6, 6.07) is 14.8. The third-order valence-corrected chi connectivity index (χ3v) is 5.39. The molecule has 0 saturated heterocycles. The summed E-state index contributed by atoms with van der Waals surface area (Å²) in [7, 11) is 1.52. The number of ketones is 1. The van der Waals surface area contributed by atoms with Crippen molar-refractivity contribution < 1.29 is 23.8 Å². The first kappa shape index (κ1) is 21.0. The number of allylic oxidation sites excluding steroid dienone is 1. The van der Waals surface area contributed by atoms with E-state index in [9.17, 15) is 9.59 Å². The molecule has 4 rings (SSSR count). The van der Waals surface area contributed by atoms with Gasteiger partial charge < -0.3 is 14.2 Å². The van der Waals surface area contributed by atoms with Gasteiger partial charge in [0, 0.05) is 21.7 Å². The summed E-state index contributed by atoms with van der Waals surface area (Å²) < 4.78 is 16.4. The maximum atomic E-state index is 12.9. The summed E-state index contributed by atoms with van der Waals surface area (Å²) in [5.41, 5.74) is 1.84. The Hall–Kier alpha value is -3.28. The number of fused-ring (bicyclic) bond motifs is 1. The normalized spacial score (nSPS) is 13.7. The van der Waals surface area contributed by atoms with Crippen LogP contribution in [0.4, 0.5) is 0 Å². The molecule has 0 bridgehead atoms. The fraction of sp³-hybridized carbons (Fsp3) is 0.0833. The van der Waals surface area contributed by atoms with Crippen molar-refractivity contribution >= 4 is 41.0 Å². The molecule has 7 heteroatoms. The minimum atomic E-state index is -0.554. The Morgan fingerprint density at radius 1 is 1.00 bits per heavy atom. The van der Waals surface area contributed by atoms with Gasteiger partial charge in [0.1, 0.15) is 17.2 Å². The molecule has 0 aromatic heterocycles. The van der Waals surface area contributed by atoms with E-state index in [-0.39, 0.29) is 17.3 Å². The summed E-state index contributed by atoms with van der Waals surface area (Å²) in [4.78, 5) is 25.4. The minimum Gasteiger partial charge on any atom is -0.497 e. The molecule has 0 saturated carbocycles. The van der Waals surface area contributed by atoms with Crippen molar-refractivity contribution in [2.45, 2.75) is 6.92 Å². The van der Waals surface area contributed by atoms with E-state index >= 15 is 0 Å². The first-order chi connectivity index (χ1) is 14.9. The molecule has 0 radical (unpaired) electrons. The lowest BCUT2D eigenvalue weighted by Gasteiger charge is -2.08. The van der Waals surface area contributed by atoms with Crippen LogP contribution >= 0.6 is 23.2 Å². The van der Waals surface area contributed by atoms with Gasteiger partial charge in [-0.25, -0.2) is 4.79 Å². The number of benzene rings is 3. The molecular weight excluding hydrogens is 439 g/mol. The molecule has 3 aromatic rings. The average molecular weight is 455 g/mol. The van der Waals surface area contributed by atoms with Crippen molar-refractivity contribution in [2.24, 2.45) is 0 Å². The zero-order valence-electron chi connectivity index (χ0n) is 16.6. The molecule has 0 spiro atoms. The number of ether oxygens (including phenoxy) is 3. The molecule has 0 unspecified atom stereocenters. The number of halogens is 2. The number of carbonyl (C=O) groups is 2. The number of rotatable bonds is 4. The Labute approximate surface area is 188 Å². The predicted octanol–water partition coefficient (Wildman–Crippen LogP) is 6.15. The van der Waals surface area contributed by atoms with E-state index in [4.69, 9.17) is 37.4 Å². The van der Waals surface area contributed by atoms with Crippen LogP contribution in [0.15, 0.2) is 60.4 Å². The minimum absolute atomic E-state index is 0.0874. The molecule has 1 heterocycles. The van der Waals surface area contributed by atoms with Gasteiger partial charge in [0.05, 0.1) is 18.2 Å². The number of hydrogen-bond acceptors (Lipinski definition) is 5. The summed E-state index contributed by atoms with van der Waals surface area (Å²) in [5, 5.41) is 0.800. The van der Waals surface area contributed by atoms with E-state index in [1.54, 1.807) is 55.5 Å². The summed E-state index contributed by atoms with van der Waals surface area (Å²) in [5.74, 6) is 0.336.